The Bertz CT molecular complexity index is 734. The molecule has 5 heteroatoms. The van der Waals surface area contributed by atoms with Gasteiger partial charge in [-0.2, -0.15) is 0 Å². The summed E-state index contributed by atoms with van der Waals surface area (Å²) >= 11 is 0. The number of ether oxygens (including phenoxy) is 3. The molecule has 1 aliphatic heterocycles. The highest BCUT2D eigenvalue weighted by atomic mass is 16.5. The summed E-state index contributed by atoms with van der Waals surface area (Å²) in [5, 5.41) is 0. The van der Waals surface area contributed by atoms with E-state index in [1.165, 1.54) is 0 Å². The van der Waals surface area contributed by atoms with Gasteiger partial charge in [-0.25, -0.2) is 4.99 Å². The van der Waals surface area contributed by atoms with E-state index in [4.69, 9.17) is 19.2 Å². The number of hydrogen-bond acceptors (Lipinski definition) is 4. The maximum Gasteiger partial charge on any atom is 0.233 e. The van der Waals surface area contributed by atoms with E-state index >= 15 is 0 Å². The molecule has 3 rings (SSSR count). The molecule has 0 radical (unpaired) electrons. The van der Waals surface area contributed by atoms with Crippen LogP contribution in [0.5, 0.6) is 11.5 Å². The van der Waals surface area contributed by atoms with Gasteiger partial charge in [-0.05, 0) is 24.1 Å². The van der Waals surface area contributed by atoms with Crippen molar-refractivity contribution >= 4 is 5.90 Å². The van der Waals surface area contributed by atoms with E-state index in [1.54, 1.807) is 14.2 Å². The SMILES string of the molecule is COc1cccc(Cn2cccc2C2=N[C@H](C(C)C)CO2)c1OC. The number of methoxy groups -OCH3 is 2. The zero-order valence-electron chi connectivity index (χ0n) is 14.7. The molecule has 1 aromatic carbocycles. The maximum absolute atomic E-state index is 5.82. The summed E-state index contributed by atoms with van der Waals surface area (Å²) in [4.78, 5) is 4.73. The van der Waals surface area contributed by atoms with Crippen LogP contribution in [0.25, 0.3) is 0 Å². The second kappa shape index (κ2) is 6.99. The Morgan fingerprint density at radius 1 is 1.21 bits per heavy atom. The summed E-state index contributed by atoms with van der Waals surface area (Å²) < 4.78 is 18.9. The van der Waals surface area contributed by atoms with Crippen LogP contribution >= 0.6 is 0 Å². The van der Waals surface area contributed by atoms with Gasteiger partial charge < -0.3 is 18.8 Å². The Morgan fingerprint density at radius 3 is 2.71 bits per heavy atom. The highest BCUT2D eigenvalue weighted by Gasteiger charge is 2.24. The molecule has 1 atom stereocenters. The molecular formula is C19H24N2O3. The molecule has 0 unspecified atom stereocenters. The second-order valence-corrected chi connectivity index (χ2v) is 6.23. The van der Waals surface area contributed by atoms with Crippen molar-refractivity contribution in [2.24, 2.45) is 10.9 Å². The van der Waals surface area contributed by atoms with E-state index in [0.29, 0.717) is 19.1 Å². The van der Waals surface area contributed by atoms with Crippen LogP contribution in [0.1, 0.15) is 25.1 Å². The van der Waals surface area contributed by atoms with Crippen LogP contribution in [0.15, 0.2) is 41.5 Å². The highest BCUT2D eigenvalue weighted by molar-refractivity contribution is 5.93. The lowest BCUT2D eigenvalue weighted by atomic mass is 10.1. The van der Waals surface area contributed by atoms with Crippen molar-refractivity contribution < 1.29 is 14.2 Å². The van der Waals surface area contributed by atoms with Gasteiger partial charge in [0.1, 0.15) is 12.3 Å². The molecule has 0 bridgehead atoms. The van der Waals surface area contributed by atoms with Crippen molar-refractivity contribution in [1.29, 1.82) is 0 Å². The van der Waals surface area contributed by atoms with Crippen molar-refractivity contribution in [2.75, 3.05) is 20.8 Å². The third-order valence-corrected chi connectivity index (χ3v) is 4.32. The van der Waals surface area contributed by atoms with Gasteiger partial charge in [0.05, 0.1) is 26.8 Å². The van der Waals surface area contributed by atoms with E-state index in [2.05, 4.69) is 18.4 Å². The highest BCUT2D eigenvalue weighted by Crippen LogP contribution is 2.31. The van der Waals surface area contributed by atoms with Crippen molar-refractivity contribution in [2.45, 2.75) is 26.4 Å². The molecule has 1 aliphatic rings. The smallest absolute Gasteiger partial charge is 0.233 e. The molecule has 0 saturated heterocycles. The van der Waals surface area contributed by atoms with Crippen molar-refractivity contribution in [3.8, 4) is 11.5 Å². The minimum absolute atomic E-state index is 0.231. The third kappa shape index (κ3) is 3.11. The average Bonchev–Trinajstić information content (AvgIpc) is 3.23. The zero-order chi connectivity index (χ0) is 17.1. The van der Waals surface area contributed by atoms with Gasteiger partial charge in [0.25, 0.3) is 0 Å². The number of aromatic nitrogens is 1. The molecule has 0 spiro atoms. The molecular weight excluding hydrogens is 304 g/mol. The first-order valence-electron chi connectivity index (χ1n) is 8.20. The van der Waals surface area contributed by atoms with Gasteiger partial charge >= 0.3 is 0 Å². The molecule has 128 valence electrons. The van der Waals surface area contributed by atoms with Crippen molar-refractivity contribution in [1.82, 2.24) is 4.57 Å². The normalized spacial score (nSPS) is 16.9. The predicted molar refractivity (Wildman–Crippen MR) is 94.2 cm³/mol. The van der Waals surface area contributed by atoms with Gasteiger partial charge in [-0.1, -0.05) is 26.0 Å². The molecule has 0 saturated carbocycles. The third-order valence-electron chi connectivity index (χ3n) is 4.32. The lowest BCUT2D eigenvalue weighted by Crippen LogP contribution is -2.13. The topological polar surface area (TPSA) is 45.0 Å². The summed E-state index contributed by atoms with van der Waals surface area (Å²) in [6.45, 7) is 5.65. The van der Waals surface area contributed by atoms with Gasteiger partial charge in [-0.3, -0.25) is 0 Å². The van der Waals surface area contributed by atoms with Crippen LogP contribution in [-0.4, -0.2) is 37.3 Å². The summed E-state index contributed by atoms with van der Waals surface area (Å²) in [6.07, 6.45) is 2.03. The van der Waals surface area contributed by atoms with Gasteiger partial charge in [0, 0.05) is 11.8 Å². The van der Waals surface area contributed by atoms with E-state index in [9.17, 15) is 0 Å². The summed E-state index contributed by atoms with van der Waals surface area (Å²) in [5.74, 6) is 2.69. The molecule has 2 aromatic rings. The van der Waals surface area contributed by atoms with Gasteiger partial charge in [0.15, 0.2) is 11.5 Å². The first-order valence-corrected chi connectivity index (χ1v) is 8.20. The number of nitrogens with zero attached hydrogens (tertiary/aromatic N) is 2. The lowest BCUT2D eigenvalue weighted by Gasteiger charge is -2.14. The Labute approximate surface area is 142 Å². The summed E-state index contributed by atoms with van der Waals surface area (Å²) in [7, 11) is 3.31. The number of hydrogen-bond donors (Lipinski definition) is 0. The molecule has 0 amide bonds. The van der Waals surface area contributed by atoms with Crippen LogP contribution in [0.2, 0.25) is 0 Å². The molecule has 0 fully saturated rings. The quantitative estimate of drug-likeness (QED) is 0.817. The van der Waals surface area contributed by atoms with Crippen LogP contribution in [0.4, 0.5) is 0 Å². The number of rotatable bonds is 6. The first-order chi connectivity index (χ1) is 11.6. The van der Waals surface area contributed by atoms with E-state index in [1.807, 2.05) is 36.5 Å². The minimum Gasteiger partial charge on any atom is -0.493 e. The fourth-order valence-electron chi connectivity index (χ4n) is 2.88. The monoisotopic (exact) mass is 328 g/mol. The minimum atomic E-state index is 0.231. The van der Waals surface area contributed by atoms with Crippen LogP contribution in [0, 0.1) is 5.92 Å². The van der Waals surface area contributed by atoms with Gasteiger partial charge in [0.2, 0.25) is 5.90 Å². The van der Waals surface area contributed by atoms with Crippen molar-refractivity contribution in [3.63, 3.8) is 0 Å². The number of aliphatic imine (C=N–C) groups is 1. The molecule has 1 aromatic heterocycles. The second-order valence-electron chi connectivity index (χ2n) is 6.23. The lowest BCUT2D eigenvalue weighted by molar-refractivity contribution is 0.290. The molecule has 0 aliphatic carbocycles. The fraction of sp³-hybridized carbons (Fsp3) is 0.421. The van der Waals surface area contributed by atoms with Gasteiger partial charge in [-0.15, -0.1) is 0 Å². The first kappa shape index (κ1) is 16.4. The zero-order valence-corrected chi connectivity index (χ0v) is 14.7. The standard InChI is InChI=1S/C19H24N2O3/c1-13(2)15-12-24-19(20-15)16-8-6-10-21(16)11-14-7-5-9-17(22-3)18(14)23-4/h5-10,13,15H,11-12H2,1-4H3/t15-/m0/s1. The average molecular weight is 328 g/mol. The Kier molecular flexibility index (Phi) is 4.79. The predicted octanol–water partition coefficient (Wildman–Crippen LogP) is 3.36. The number of para-hydroxylation sites is 1. The molecule has 5 nitrogen and oxygen atoms in total. The molecule has 24 heavy (non-hydrogen) atoms. The maximum atomic E-state index is 5.82. The Morgan fingerprint density at radius 2 is 2.04 bits per heavy atom. The Balaban J connectivity index is 1.89. The van der Waals surface area contributed by atoms with Crippen LogP contribution in [0.3, 0.4) is 0 Å². The Hall–Kier alpha value is -2.43. The fourth-order valence-corrected chi connectivity index (χ4v) is 2.88. The van der Waals surface area contributed by atoms with E-state index < -0.39 is 0 Å². The van der Waals surface area contributed by atoms with E-state index in [0.717, 1.165) is 28.7 Å². The van der Waals surface area contributed by atoms with Crippen molar-refractivity contribution in [3.05, 3.63) is 47.8 Å². The van der Waals surface area contributed by atoms with Crippen LogP contribution < -0.4 is 9.47 Å². The largest absolute Gasteiger partial charge is 0.493 e. The number of benzene rings is 1. The summed E-state index contributed by atoms with van der Waals surface area (Å²) in [5.41, 5.74) is 2.04. The van der Waals surface area contributed by atoms with Crippen LogP contribution in [-0.2, 0) is 11.3 Å². The van der Waals surface area contributed by atoms with E-state index in [-0.39, 0.29) is 6.04 Å². The summed E-state index contributed by atoms with van der Waals surface area (Å²) in [6, 6.07) is 10.2. The molecule has 2 heterocycles. The molecule has 0 N–H and O–H groups in total.